The van der Waals surface area contributed by atoms with Gasteiger partial charge in [0, 0.05) is 31.6 Å². The first-order chi connectivity index (χ1) is 8.69. The molecule has 2 heterocycles. The fraction of sp³-hybridized carbons (Fsp3) is 0.923. The standard InChI is InChI=1S/C13H25N3O2/c1-2-10(14)6-13(17)15-7-12-8-16-5-3-4-11(16)9-18-12/h10-12H,2-9,14H2,1H3,(H,15,17). The van der Waals surface area contributed by atoms with Gasteiger partial charge in [0.05, 0.1) is 12.7 Å². The molecule has 104 valence electrons. The molecule has 2 aliphatic rings. The molecule has 2 saturated heterocycles. The first kappa shape index (κ1) is 13.8. The number of nitrogens with two attached hydrogens (primary N) is 1. The number of nitrogens with zero attached hydrogens (tertiary/aromatic N) is 1. The fourth-order valence-corrected chi connectivity index (χ4v) is 2.69. The van der Waals surface area contributed by atoms with Crippen LogP contribution in [0.3, 0.4) is 0 Å². The number of amides is 1. The van der Waals surface area contributed by atoms with Gasteiger partial charge in [0.2, 0.25) is 5.91 Å². The van der Waals surface area contributed by atoms with Crippen molar-refractivity contribution in [2.24, 2.45) is 5.73 Å². The topological polar surface area (TPSA) is 67.6 Å². The van der Waals surface area contributed by atoms with Crippen LogP contribution < -0.4 is 11.1 Å². The molecule has 18 heavy (non-hydrogen) atoms. The summed E-state index contributed by atoms with van der Waals surface area (Å²) >= 11 is 0. The molecule has 5 heteroatoms. The third kappa shape index (κ3) is 3.67. The minimum absolute atomic E-state index is 0.0276. The predicted octanol–water partition coefficient (Wildman–Crippen LogP) is 0.0932. The van der Waals surface area contributed by atoms with Gasteiger partial charge in [0.15, 0.2) is 0 Å². The van der Waals surface area contributed by atoms with Gasteiger partial charge in [-0.3, -0.25) is 9.69 Å². The number of carbonyl (C=O) groups is 1. The van der Waals surface area contributed by atoms with Crippen molar-refractivity contribution < 1.29 is 9.53 Å². The number of hydrogen-bond donors (Lipinski definition) is 2. The Labute approximate surface area is 109 Å². The first-order valence-electron chi connectivity index (χ1n) is 7.07. The van der Waals surface area contributed by atoms with Crippen LogP contribution in [0.1, 0.15) is 32.6 Å². The minimum Gasteiger partial charge on any atom is -0.373 e. The Morgan fingerprint density at radius 3 is 3.22 bits per heavy atom. The SMILES string of the molecule is CCC(N)CC(=O)NCC1CN2CCCC2CO1. The number of morpholine rings is 1. The normalized spacial score (nSPS) is 29.9. The first-order valence-corrected chi connectivity index (χ1v) is 7.07. The molecule has 5 nitrogen and oxygen atoms in total. The Morgan fingerprint density at radius 1 is 1.61 bits per heavy atom. The van der Waals surface area contributed by atoms with Gasteiger partial charge in [0.25, 0.3) is 0 Å². The summed E-state index contributed by atoms with van der Waals surface area (Å²) in [4.78, 5) is 14.1. The van der Waals surface area contributed by atoms with E-state index < -0.39 is 0 Å². The molecular formula is C13H25N3O2. The maximum atomic E-state index is 11.6. The summed E-state index contributed by atoms with van der Waals surface area (Å²) in [6.45, 7) is 5.55. The van der Waals surface area contributed by atoms with Gasteiger partial charge in [-0.25, -0.2) is 0 Å². The van der Waals surface area contributed by atoms with E-state index in [1.807, 2.05) is 6.92 Å². The van der Waals surface area contributed by atoms with Crippen molar-refractivity contribution in [1.29, 1.82) is 0 Å². The van der Waals surface area contributed by atoms with E-state index in [1.54, 1.807) is 0 Å². The third-order valence-electron chi connectivity index (χ3n) is 3.96. The average molecular weight is 255 g/mol. The summed E-state index contributed by atoms with van der Waals surface area (Å²) in [5, 5.41) is 2.93. The van der Waals surface area contributed by atoms with Gasteiger partial charge in [-0.1, -0.05) is 6.92 Å². The highest BCUT2D eigenvalue weighted by Crippen LogP contribution is 2.22. The predicted molar refractivity (Wildman–Crippen MR) is 70.2 cm³/mol. The minimum atomic E-state index is -0.0276. The van der Waals surface area contributed by atoms with Crippen LogP contribution in [0.4, 0.5) is 0 Å². The molecule has 0 spiro atoms. The number of ether oxygens (including phenoxy) is 1. The molecule has 0 aliphatic carbocycles. The molecule has 0 aromatic rings. The summed E-state index contributed by atoms with van der Waals surface area (Å²) in [6, 6.07) is 0.589. The number of nitrogens with one attached hydrogen (secondary N) is 1. The van der Waals surface area contributed by atoms with Crippen molar-refractivity contribution in [3.8, 4) is 0 Å². The van der Waals surface area contributed by atoms with E-state index in [-0.39, 0.29) is 18.1 Å². The molecule has 0 saturated carbocycles. The molecule has 1 amide bonds. The number of rotatable bonds is 5. The Bertz CT molecular complexity index is 285. The molecule has 2 rings (SSSR count). The van der Waals surface area contributed by atoms with Crippen molar-refractivity contribution in [3.63, 3.8) is 0 Å². The summed E-state index contributed by atoms with van der Waals surface area (Å²) in [5.74, 6) is 0.0384. The van der Waals surface area contributed by atoms with Crippen molar-refractivity contribution in [1.82, 2.24) is 10.2 Å². The van der Waals surface area contributed by atoms with Crippen LogP contribution >= 0.6 is 0 Å². The summed E-state index contributed by atoms with van der Waals surface area (Å²) < 4.78 is 5.79. The van der Waals surface area contributed by atoms with Crippen molar-refractivity contribution in [3.05, 3.63) is 0 Å². The van der Waals surface area contributed by atoms with Crippen molar-refractivity contribution in [2.75, 3.05) is 26.2 Å². The molecule has 3 unspecified atom stereocenters. The van der Waals surface area contributed by atoms with Gasteiger partial charge in [0.1, 0.15) is 0 Å². The molecule has 3 atom stereocenters. The van der Waals surface area contributed by atoms with Gasteiger partial charge in [-0.05, 0) is 25.8 Å². The van der Waals surface area contributed by atoms with E-state index in [1.165, 1.54) is 19.4 Å². The molecule has 0 aromatic carbocycles. The molecule has 3 N–H and O–H groups in total. The van der Waals surface area contributed by atoms with Crippen LogP contribution in [-0.4, -0.2) is 55.2 Å². The van der Waals surface area contributed by atoms with Gasteiger partial charge < -0.3 is 15.8 Å². The van der Waals surface area contributed by atoms with Crippen LogP contribution in [0.2, 0.25) is 0 Å². The smallest absolute Gasteiger partial charge is 0.221 e. The fourth-order valence-electron chi connectivity index (χ4n) is 2.69. The zero-order valence-electron chi connectivity index (χ0n) is 11.2. The third-order valence-corrected chi connectivity index (χ3v) is 3.96. The van der Waals surface area contributed by atoms with E-state index in [9.17, 15) is 4.79 Å². The highest BCUT2D eigenvalue weighted by molar-refractivity contribution is 5.76. The molecule has 0 aromatic heterocycles. The number of fused-ring (bicyclic) bond motifs is 1. The molecule has 2 aliphatic heterocycles. The maximum Gasteiger partial charge on any atom is 0.221 e. The van der Waals surface area contributed by atoms with E-state index >= 15 is 0 Å². The van der Waals surface area contributed by atoms with Gasteiger partial charge in [-0.2, -0.15) is 0 Å². The zero-order valence-corrected chi connectivity index (χ0v) is 11.2. The molecule has 0 radical (unpaired) electrons. The highest BCUT2D eigenvalue weighted by atomic mass is 16.5. The molecule has 0 bridgehead atoms. The zero-order chi connectivity index (χ0) is 13.0. The summed E-state index contributed by atoms with van der Waals surface area (Å²) in [7, 11) is 0. The van der Waals surface area contributed by atoms with Crippen molar-refractivity contribution >= 4 is 5.91 Å². The second-order valence-corrected chi connectivity index (χ2v) is 5.42. The van der Waals surface area contributed by atoms with Crippen LogP contribution in [0.25, 0.3) is 0 Å². The average Bonchev–Trinajstić information content (AvgIpc) is 2.83. The van der Waals surface area contributed by atoms with Crippen LogP contribution in [0.15, 0.2) is 0 Å². The Balaban J connectivity index is 1.66. The molecule has 2 fully saturated rings. The highest BCUT2D eigenvalue weighted by Gasteiger charge is 2.32. The number of hydrogen-bond acceptors (Lipinski definition) is 4. The second-order valence-electron chi connectivity index (χ2n) is 5.42. The van der Waals surface area contributed by atoms with E-state index in [0.717, 1.165) is 19.6 Å². The van der Waals surface area contributed by atoms with E-state index in [4.69, 9.17) is 10.5 Å². The maximum absolute atomic E-state index is 11.6. The Hall–Kier alpha value is -0.650. The lowest BCUT2D eigenvalue weighted by atomic mass is 10.1. The number of carbonyl (C=O) groups excluding carboxylic acids is 1. The van der Waals surface area contributed by atoms with Crippen LogP contribution in [0.5, 0.6) is 0 Å². The Kier molecular flexibility index (Phi) is 4.97. The summed E-state index contributed by atoms with van der Waals surface area (Å²) in [5.41, 5.74) is 5.75. The van der Waals surface area contributed by atoms with E-state index in [2.05, 4.69) is 10.2 Å². The van der Waals surface area contributed by atoms with Crippen LogP contribution in [-0.2, 0) is 9.53 Å². The lowest BCUT2D eigenvalue weighted by molar-refractivity contribution is -0.122. The largest absolute Gasteiger partial charge is 0.373 e. The Morgan fingerprint density at radius 2 is 2.44 bits per heavy atom. The second kappa shape index (κ2) is 6.50. The monoisotopic (exact) mass is 255 g/mol. The summed E-state index contributed by atoms with van der Waals surface area (Å²) in [6.07, 6.45) is 3.92. The lowest BCUT2D eigenvalue weighted by Gasteiger charge is -2.35. The van der Waals surface area contributed by atoms with Crippen molar-refractivity contribution in [2.45, 2.75) is 50.8 Å². The molecular weight excluding hydrogens is 230 g/mol. The lowest BCUT2D eigenvalue weighted by Crippen LogP contribution is -2.50. The quantitative estimate of drug-likeness (QED) is 0.731. The van der Waals surface area contributed by atoms with Crippen LogP contribution in [0, 0.1) is 0 Å². The van der Waals surface area contributed by atoms with E-state index in [0.29, 0.717) is 19.0 Å². The van der Waals surface area contributed by atoms with Gasteiger partial charge >= 0.3 is 0 Å². The van der Waals surface area contributed by atoms with Gasteiger partial charge in [-0.15, -0.1) is 0 Å².